The zero-order chi connectivity index (χ0) is 13.8. The number of hydrogen-bond acceptors (Lipinski definition) is 3. The Morgan fingerprint density at radius 2 is 2.37 bits per heavy atom. The van der Waals surface area contributed by atoms with E-state index in [1.165, 1.54) is 0 Å². The number of anilines is 1. The van der Waals surface area contributed by atoms with Crippen molar-refractivity contribution in [2.45, 2.75) is 13.0 Å². The smallest absolute Gasteiger partial charge is 0.243 e. The molecule has 2 amide bonds. The van der Waals surface area contributed by atoms with Crippen molar-refractivity contribution >= 4 is 29.1 Å². The van der Waals surface area contributed by atoms with E-state index in [9.17, 15) is 9.59 Å². The Morgan fingerprint density at radius 3 is 3.11 bits per heavy atom. The second kappa shape index (κ2) is 6.04. The van der Waals surface area contributed by atoms with Crippen LogP contribution in [0.25, 0.3) is 0 Å². The van der Waals surface area contributed by atoms with Gasteiger partial charge >= 0.3 is 0 Å². The van der Waals surface area contributed by atoms with Gasteiger partial charge in [0.2, 0.25) is 11.8 Å². The zero-order valence-corrected chi connectivity index (χ0v) is 11.4. The Morgan fingerprint density at radius 1 is 1.58 bits per heavy atom. The number of benzene rings is 1. The quantitative estimate of drug-likeness (QED) is 0.872. The van der Waals surface area contributed by atoms with Gasteiger partial charge in [-0.1, -0.05) is 17.7 Å². The summed E-state index contributed by atoms with van der Waals surface area (Å²) in [6, 6.07) is 6.69. The Labute approximate surface area is 116 Å². The van der Waals surface area contributed by atoms with Gasteiger partial charge in [0.15, 0.2) is 0 Å². The molecule has 1 aromatic rings. The van der Waals surface area contributed by atoms with Gasteiger partial charge in [-0.25, -0.2) is 0 Å². The molecule has 1 aliphatic rings. The molecule has 1 aliphatic heterocycles. The second-order valence-corrected chi connectivity index (χ2v) is 4.93. The summed E-state index contributed by atoms with van der Waals surface area (Å²) in [6.45, 7) is 3.12. The third-order valence-electron chi connectivity index (χ3n) is 2.96. The molecule has 0 aromatic heterocycles. The molecule has 5 nitrogen and oxygen atoms in total. The summed E-state index contributed by atoms with van der Waals surface area (Å²) in [5, 5.41) is 6.34. The van der Waals surface area contributed by atoms with Crippen LogP contribution in [0.2, 0.25) is 5.02 Å². The maximum Gasteiger partial charge on any atom is 0.243 e. The number of nitrogens with one attached hydrogen (secondary N) is 2. The van der Waals surface area contributed by atoms with Crippen LogP contribution in [0.5, 0.6) is 0 Å². The lowest BCUT2D eigenvalue weighted by Crippen LogP contribution is -2.55. The highest BCUT2D eigenvalue weighted by atomic mass is 35.5. The molecule has 0 saturated carbocycles. The van der Waals surface area contributed by atoms with Crippen LogP contribution >= 0.6 is 11.6 Å². The van der Waals surface area contributed by atoms with Gasteiger partial charge in [-0.05, 0) is 25.1 Å². The Hall–Kier alpha value is -1.59. The van der Waals surface area contributed by atoms with Crippen LogP contribution < -0.4 is 10.6 Å². The third kappa shape index (κ3) is 3.68. The number of carbonyl (C=O) groups excluding carboxylic acids is 2. The monoisotopic (exact) mass is 281 g/mol. The molecule has 1 saturated heterocycles. The lowest BCUT2D eigenvalue weighted by Gasteiger charge is -2.30. The van der Waals surface area contributed by atoms with Gasteiger partial charge < -0.3 is 15.5 Å². The Kier molecular flexibility index (Phi) is 4.39. The van der Waals surface area contributed by atoms with Crippen LogP contribution in [0.15, 0.2) is 24.3 Å². The molecule has 1 unspecified atom stereocenters. The van der Waals surface area contributed by atoms with Crippen molar-refractivity contribution in [1.82, 2.24) is 10.2 Å². The number of amides is 2. The summed E-state index contributed by atoms with van der Waals surface area (Å²) in [6.07, 6.45) is 0. The standard InChI is InChI=1S/C13H16ClN3O2/c1-9-13(19)17(6-5-15-9)8-12(18)16-11-4-2-3-10(14)7-11/h2-4,7,9,15H,5-6,8H2,1H3,(H,16,18). The first-order chi connectivity index (χ1) is 9.06. The number of rotatable bonds is 3. The largest absolute Gasteiger partial charge is 0.331 e. The van der Waals surface area contributed by atoms with Gasteiger partial charge in [0.05, 0.1) is 12.6 Å². The molecule has 0 radical (unpaired) electrons. The van der Waals surface area contributed by atoms with Crippen LogP contribution in [0.1, 0.15) is 6.92 Å². The summed E-state index contributed by atoms with van der Waals surface area (Å²) in [5.74, 6) is -0.266. The van der Waals surface area contributed by atoms with E-state index < -0.39 is 0 Å². The number of hydrogen-bond donors (Lipinski definition) is 2. The maximum absolute atomic E-state index is 11.9. The SMILES string of the molecule is CC1NCCN(CC(=O)Nc2cccc(Cl)c2)C1=O. The van der Waals surface area contributed by atoms with Crippen LogP contribution in [0.4, 0.5) is 5.69 Å². The molecule has 2 rings (SSSR count). The Balaban J connectivity index is 1.92. The molecule has 102 valence electrons. The van der Waals surface area contributed by atoms with Gasteiger partial charge in [0.1, 0.15) is 0 Å². The number of carbonyl (C=O) groups is 2. The average Bonchev–Trinajstić information content (AvgIpc) is 2.35. The van der Waals surface area contributed by atoms with E-state index in [4.69, 9.17) is 11.6 Å². The Bertz CT molecular complexity index is 493. The summed E-state index contributed by atoms with van der Waals surface area (Å²) in [5.41, 5.74) is 0.633. The molecule has 0 bridgehead atoms. The van der Waals surface area contributed by atoms with Crippen LogP contribution in [-0.2, 0) is 9.59 Å². The highest BCUT2D eigenvalue weighted by Crippen LogP contribution is 2.14. The summed E-state index contributed by atoms with van der Waals surface area (Å²) in [4.78, 5) is 25.3. The minimum Gasteiger partial charge on any atom is -0.331 e. The lowest BCUT2D eigenvalue weighted by atomic mass is 10.2. The van der Waals surface area contributed by atoms with Gasteiger partial charge in [-0.2, -0.15) is 0 Å². The fourth-order valence-corrected chi connectivity index (χ4v) is 2.17. The van der Waals surface area contributed by atoms with Gasteiger partial charge in [0, 0.05) is 23.8 Å². The molecule has 1 aromatic carbocycles. The van der Waals surface area contributed by atoms with E-state index in [0.717, 1.165) is 0 Å². The fourth-order valence-electron chi connectivity index (χ4n) is 1.98. The number of piperazine rings is 1. The van der Waals surface area contributed by atoms with Gasteiger partial charge in [-0.3, -0.25) is 9.59 Å². The summed E-state index contributed by atoms with van der Waals surface area (Å²) < 4.78 is 0. The first kappa shape index (κ1) is 13.8. The van der Waals surface area contributed by atoms with Crippen LogP contribution in [-0.4, -0.2) is 42.4 Å². The molecule has 6 heteroatoms. The van der Waals surface area contributed by atoms with Crippen molar-refractivity contribution in [3.8, 4) is 0 Å². The van der Waals surface area contributed by atoms with Crippen molar-refractivity contribution in [2.24, 2.45) is 0 Å². The van der Waals surface area contributed by atoms with Crippen molar-refractivity contribution in [1.29, 1.82) is 0 Å². The van der Waals surface area contributed by atoms with Crippen molar-refractivity contribution in [3.05, 3.63) is 29.3 Å². The van der Waals surface area contributed by atoms with Crippen LogP contribution in [0.3, 0.4) is 0 Å². The highest BCUT2D eigenvalue weighted by molar-refractivity contribution is 6.30. The number of nitrogens with zero attached hydrogens (tertiary/aromatic N) is 1. The topological polar surface area (TPSA) is 61.4 Å². The normalized spacial score (nSPS) is 19.4. The lowest BCUT2D eigenvalue weighted by molar-refractivity contribution is -0.138. The first-order valence-corrected chi connectivity index (χ1v) is 6.51. The van der Waals surface area contributed by atoms with Crippen molar-refractivity contribution in [3.63, 3.8) is 0 Å². The molecule has 0 aliphatic carbocycles. The van der Waals surface area contributed by atoms with E-state index in [2.05, 4.69) is 10.6 Å². The minimum absolute atomic E-state index is 0.0486. The van der Waals surface area contributed by atoms with E-state index in [-0.39, 0.29) is 24.4 Å². The van der Waals surface area contributed by atoms with E-state index in [1.54, 1.807) is 36.1 Å². The third-order valence-corrected chi connectivity index (χ3v) is 3.19. The summed E-state index contributed by atoms with van der Waals surface area (Å²) in [7, 11) is 0. The molecular weight excluding hydrogens is 266 g/mol. The molecule has 0 spiro atoms. The molecule has 1 heterocycles. The fraction of sp³-hybridized carbons (Fsp3) is 0.385. The molecule has 2 N–H and O–H groups in total. The van der Waals surface area contributed by atoms with Crippen molar-refractivity contribution < 1.29 is 9.59 Å². The predicted molar refractivity (Wildman–Crippen MR) is 74.1 cm³/mol. The van der Waals surface area contributed by atoms with E-state index in [0.29, 0.717) is 23.8 Å². The highest BCUT2D eigenvalue weighted by Gasteiger charge is 2.25. The van der Waals surface area contributed by atoms with Crippen molar-refractivity contribution in [2.75, 3.05) is 25.0 Å². The van der Waals surface area contributed by atoms with E-state index in [1.807, 2.05) is 0 Å². The minimum atomic E-state index is -0.229. The predicted octanol–water partition coefficient (Wildman–Crippen LogP) is 1.10. The average molecular weight is 282 g/mol. The summed E-state index contributed by atoms with van der Waals surface area (Å²) >= 11 is 5.84. The van der Waals surface area contributed by atoms with Gasteiger partial charge in [0.25, 0.3) is 0 Å². The second-order valence-electron chi connectivity index (χ2n) is 4.49. The molecule has 19 heavy (non-hydrogen) atoms. The number of halogens is 1. The molecular formula is C13H16ClN3O2. The maximum atomic E-state index is 11.9. The van der Waals surface area contributed by atoms with Crippen LogP contribution in [0, 0.1) is 0 Å². The van der Waals surface area contributed by atoms with Gasteiger partial charge in [-0.15, -0.1) is 0 Å². The van der Waals surface area contributed by atoms with E-state index >= 15 is 0 Å². The molecule has 1 fully saturated rings. The first-order valence-electron chi connectivity index (χ1n) is 6.14. The molecule has 1 atom stereocenters. The zero-order valence-electron chi connectivity index (χ0n) is 10.6.